The van der Waals surface area contributed by atoms with Crippen molar-refractivity contribution in [2.24, 2.45) is 0 Å². The zero-order valence-electron chi connectivity index (χ0n) is 8.47. The Morgan fingerprint density at radius 3 is 1.60 bits per heavy atom. The number of hydrogen-bond acceptors (Lipinski definition) is 2. The first-order valence-corrected chi connectivity index (χ1v) is 4.69. The Bertz CT molecular complexity index is 344. The Balaban J connectivity index is 0.000000195. The molecule has 0 atom stereocenters. The molecule has 15 heavy (non-hydrogen) atoms. The van der Waals surface area contributed by atoms with Crippen LogP contribution in [0.3, 0.4) is 0 Å². The van der Waals surface area contributed by atoms with Crippen LogP contribution in [-0.2, 0) is 4.89 Å². The zero-order valence-corrected chi connectivity index (χ0v) is 8.47. The molecule has 0 aromatic heterocycles. The van der Waals surface area contributed by atoms with E-state index in [0.717, 1.165) is 0 Å². The second-order valence-electron chi connectivity index (χ2n) is 2.93. The average Bonchev–Trinajstić information content (AvgIpc) is 2.31. The molecular weight excluding hydrogens is 188 g/mol. The van der Waals surface area contributed by atoms with Crippen LogP contribution in [0, 0.1) is 0 Å². The van der Waals surface area contributed by atoms with Gasteiger partial charge in [0.05, 0.1) is 6.61 Å². The van der Waals surface area contributed by atoms with Gasteiger partial charge in [-0.15, -0.1) is 6.58 Å². The molecular formula is C13H14O2. The van der Waals surface area contributed by atoms with E-state index in [1.165, 1.54) is 16.8 Å². The van der Waals surface area contributed by atoms with Crippen LogP contribution in [0.15, 0.2) is 61.2 Å². The van der Waals surface area contributed by atoms with Crippen molar-refractivity contribution in [2.75, 3.05) is 6.61 Å². The van der Waals surface area contributed by atoms with Crippen molar-refractivity contribution in [2.45, 2.75) is 0 Å². The Hall–Kier alpha value is -1.64. The number of rotatable bonds is 2. The molecule has 2 aromatic carbocycles. The average molecular weight is 202 g/mol. The molecule has 2 nitrogen and oxygen atoms in total. The SMILES string of the molecule is C=CCOO.c1ccc2ccccc2c1. The van der Waals surface area contributed by atoms with E-state index in [-0.39, 0.29) is 6.61 Å². The van der Waals surface area contributed by atoms with Crippen molar-refractivity contribution in [1.82, 2.24) is 0 Å². The lowest BCUT2D eigenvalue weighted by atomic mass is 10.1. The van der Waals surface area contributed by atoms with Crippen LogP contribution in [0.4, 0.5) is 0 Å². The maximum Gasteiger partial charge on any atom is 0.0998 e. The van der Waals surface area contributed by atoms with E-state index < -0.39 is 0 Å². The number of fused-ring (bicyclic) bond motifs is 1. The molecule has 0 unspecified atom stereocenters. The molecule has 0 bridgehead atoms. The lowest BCUT2D eigenvalue weighted by Gasteiger charge is -1.92. The summed E-state index contributed by atoms with van der Waals surface area (Å²) in [6.45, 7) is 3.47. The molecule has 0 spiro atoms. The van der Waals surface area contributed by atoms with Crippen LogP contribution < -0.4 is 0 Å². The van der Waals surface area contributed by atoms with Crippen molar-refractivity contribution in [3.63, 3.8) is 0 Å². The highest BCUT2D eigenvalue weighted by molar-refractivity contribution is 5.81. The van der Waals surface area contributed by atoms with E-state index >= 15 is 0 Å². The third kappa shape index (κ3) is 3.94. The number of benzene rings is 2. The fourth-order valence-corrected chi connectivity index (χ4v) is 1.19. The fraction of sp³-hybridized carbons (Fsp3) is 0.0769. The normalized spacial score (nSPS) is 9.13. The summed E-state index contributed by atoms with van der Waals surface area (Å²) in [4.78, 5) is 3.57. The first-order chi connectivity index (χ1) is 7.38. The van der Waals surface area contributed by atoms with Crippen molar-refractivity contribution in [1.29, 1.82) is 0 Å². The molecule has 0 saturated carbocycles. The van der Waals surface area contributed by atoms with Gasteiger partial charge in [-0.2, -0.15) is 0 Å². The maximum absolute atomic E-state index is 7.50. The Morgan fingerprint density at radius 2 is 1.40 bits per heavy atom. The van der Waals surface area contributed by atoms with Gasteiger partial charge < -0.3 is 0 Å². The molecule has 2 heteroatoms. The highest BCUT2D eigenvalue weighted by Crippen LogP contribution is 2.11. The quantitative estimate of drug-likeness (QED) is 0.459. The standard InChI is InChI=1S/C10H8.C3H6O2/c1-2-6-10-8-4-3-7-9(10)5-1;1-2-3-5-4/h1-8H;2,4H,1,3H2. The van der Waals surface area contributed by atoms with Crippen LogP contribution >= 0.6 is 0 Å². The van der Waals surface area contributed by atoms with Crippen molar-refractivity contribution in [3.05, 3.63) is 61.2 Å². The third-order valence-electron chi connectivity index (χ3n) is 1.85. The first kappa shape index (κ1) is 11.4. The first-order valence-electron chi connectivity index (χ1n) is 4.69. The molecule has 0 aliphatic heterocycles. The Kier molecular flexibility index (Phi) is 5.15. The largest absolute Gasteiger partial charge is 0.252 e. The minimum absolute atomic E-state index is 0.208. The number of hydrogen-bond donors (Lipinski definition) is 1. The van der Waals surface area contributed by atoms with Gasteiger partial charge in [-0.3, -0.25) is 5.26 Å². The van der Waals surface area contributed by atoms with Crippen LogP contribution in [0.2, 0.25) is 0 Å². The van der Waals surface area contributed by atoms with Gasteiger partial charge in [0, 0.05) is 0 Å². The second kappa shape index (κ2) is 6.76. The zero-order chi connectivity index (χ0) is 10.9. The predicted octanol–water partition coefficient (Wildman–Crippen LogP) is 3.50. The van der Waals surface area contributed by atoms with E-state index in [0.29, 0.717) is 0 Å². The summed E-state index contributed by atoms with van der Waals surface area (Å²) in [5.41, 5.74) is 0. The van der Waals surface area contributed by atoms with Gasteiger partial charge in [-0.05, 0) is 10.8 Å². The molecule has 78 valence electrons. The predicted molar refractivity (Wildman–Crippen MR) is 62.7 cm³/mol. The minimum Gasteiger partial charge on any atom is -0.252 e. The molecule has 0 heterocycles. The monoisotopic (exact) mass is 202 g/mol. The molecule has 0 radical (unpaired) electrons. The van der Waals surface area contributed by atoms with Crippen molar-refractivity contribution in [3.8, 4) is 0 Å². The van der Waals surface area contributed by atoms with Gasteiger partial charge in [-0.25, -0.2) is 4.89 Å². The molecule has 0 saturated heterocycles. The Morgan fingerprint density at radius 1 is 1.00 bits per heavy atom. The highest BCUT2D eigenvalue weighted by atomic mass is 17.1. The molecule has 0 amide bonds. The van der Waals surface area contributed by atoms with Crippen LogP contribution in [0.25, 0.3) is 10.8 Å². The van der Waals surface area contributed by atoms with Gasteiger partial charge in [0.15, 0.2) is 0 Å². The third-order valence-corrected chi connectivity index (χ3v) is 1.85. The van der Waals surface area contributed by atoms with Crippen molar-refractivity contribution >= 4 is 10.8 Å². The topological polar surface area (TPSA) is 29.5 Å². The van der Waals surface area contributed by atoms with Gasteiger partial charge in [0.25, 0.3) is 0 Å². The maximum atomic E-state index is 7.50. The van der Waals surface area contributed by atoms with Gasteiger partial charge >= 0.3 is 0 Å². The van der Waals surface area contributed by atoms with E-state index in [1.807, 2.05) is 0 Å². The van der Waals surface area contributed by atoms with Gasteiger partial charge in [-0.1, -0.05) is 54.6 Å². The molecule has 0 fully saturated rings. The summed E-state index contributed by atoms with van der Waals surface area (Å²) < 4.78 is 0. The van der Waals surface area contributed by atoms with Gasteiger partial charge in [0.1, 0.15) is 0 Å². The lowest BCUT2D eigenvalue weighted by Crippen LogP contribution is -1.77. The lowest BCUT2D eigenvalue weighted by molar-refractivity contribution is -0.231. The Labute approximate surface area is 89.4 Å². The fourth-order valence-electron chi connectivity index (χ4n) is 1.19. The minimum atomic E-state index is 0.208. The second-order valence-corrected chi connectivity index (χ2v) is 2.93. The van der Waals surface area contributed by atoms with Crippen LogP contribution in [0.5, 0.6) is 0 Å². The van der Waals surface area contributed by atoms with E-state index in [9.17, 15) is 0 Å². The summed E-state index contributed by atoms with van der Waals surface area (Å²) in [7, 11) is 0. The molecule has 0 aliphatic carbocycles. The van der Waals surface area contributed by atoms with E-state index in [4.69, 9.17) is 5.26 Å². The molecule has 0 aliphatic rings. The summed E-state index contributed by atoms with van der Waals surface area (Å²) in [5, 5.41) is 10.1. The summed E-state index contributed by atoms with van der Waals surface area (Å²) in [6.07, 6.45) is 1.46. The smallest absolute Gasteiger partial charge is 0.0998 e. The van der Waals surface area contributed by atoms with E-state index in [1.54, 1.807) is 0 Å². The van der Waals surface area contributed by atoms with Crippen LogP contribution in [0.1, 0.15) is 0 Å². The van der Waals surface area contributed by atoms with E-state index in [2.05, 4.69) is 60.0 Å². The highest BCUT2D eigenvalue weighted by Gasteiger charge is 1.85. The summed E-state index contributed by atoms with van der Waals surface area (Å²) in [6, 6.07) is 16.7. The summed E-state index contributed by atoms with van der Waals surface area (Å²) >= 11 is 0. The van der Waals surface area contributed by atoms with Gasteiger partial charge in [0.2, 0.25) is 0 Å². The molecule has 2 rings (SSSR count). The van der Waals surface area contributed by atoms with Crippen molar-refractivity contribution < 1.29 is 10.1 Å². The van der Waals surface area contributed by atoms with Crippen LogP contribution in [-0.4, -0.2) is 11.9 Å². The molecule has 2 aromatic rings. The summed E-state index contributed by atoms with van der Waals surface area (Å²) in [5.74, 6) is 0. The molecule has 1 N–H and O–H groups in total.